The van der Waals surface area contributed by atoms with Crippen LogP contribution in [0.5, 0.6) is 0 Å². The van der Waals surface area contributed by atoms with Crippen LogP contribution in [0, 0.1) is 0 Å². The quantitative estimate of drug-likeness (QED) is 0.798. The number of carbonyl (C=O) groups excluding carboxylic acids is 1. The first kappa shape index (κ1) is 12.8. The van der Waals surface area contributed by atoms with E-state index in [9.17, 15) is 4.79 Å². The van der Waals surface area contributed by atoms with Gasteiger partial charge in [0.1, 0.15) is 0 Å². The largest absolute Gasteiger partial charge is 0.379 e. The number of likely N-dealkylation sites (tertiary alicyclic amines) is 1. The predicted molar refractivity (Wildman–Crippen MR) is 65.9 cm³/mol. The average molecular weight is 253 g/mol. The predicted octanol–water partition coefficient (Wildman–Crippen LogP) is 0.256. The molecule has 0 unspecified atom stereocenters. The maximum absolute atomic E-state index is 11.8. The lowest BCUT2D eigenvalue weighted by molar-refractivity contribution is 0.0902. The molecule has 1 aromatic heterocycles. The number of amides is 1. The number of nitrogen functional groups attached to an aromatic ring is 1. The normalized spacial score (nSPS) is 17.8. The highest BCUT2D eigenvalue weighted by molar-refractivity contribution is 5.96. The summed E-state index contributed by atoms with van der Waals surface area (Å²) in [4.78, 5) is 14.2. The van der Waals surface area contributed by atoms with E-state index < -0.39 is 0 Å². The average Bonchev–Trinajstić information content (AvgIpc) is 2.78. The lowest BCUT2D eigenvalue weighted by Crippen LogP contribution is -2.45. The van der Waals surface area contributed by atoms with Crippen LogP contribution in [0.1, 0.15) is 36.7 Å². The highest BCUT2D eigenvalue weighted by Gasteiger charge is 2.23. The molecule has 1 aliphatic rings. The van der Waals surface area contributed by atoms with Gasteiger partial charge in [-0.15, -0.1) is 0 Å². The summed E-state index contributed by atoms with van der Waals surface area (Å²) in [5.41, 5.74) is 5.55. The second kappa shape index (κ2) is 5.81. The number of piperidine rings is 1. The Bertz CT molecular complexity index is 398. The molecule has 7 nitrogen and oxygen atoms in total. The number of nitrogens with one attached hydrogen (secondary N) is 1. The second-order valence-corrected chi connectivity index (χ2v) is 4.59. The first-order chi connectivity index (χ1) is 8.70. The van der Waals surface area contributed by atoms with Crippen molar-refractivity contribution < 1.29 is 9.42 Å². The van der Waals surface area contributed by atoms with Crippen molar-refractivity contribution >= 4 is 11.7 Å². The summed E-state index contributed by atoms with van der Waals surface area (Å²) in [5, 5.41) is 9.80. The van der Waals surface area contributed by atoms with E-state index in [4.69, 9.17) is 5.73 Å². The topological polar surface area (TPSA) is 97.3 Å². The molecule has 2 rings (SSSR count). The van der Waals surface area contributed by atoms with E-state index >= 15 is 0 Å². The molecule has 1 aromatic rings. The van der Waals surface area contributed by atoms with Crippen LogP contribution < -0.4 is 11.1 Å². The summed E-state index contributed by atoms with van der Waals surface area (Å²) in [5.74, 6) is -0.265. The molecule has 0 radical (unpaired) electrons. The number of aromatic nitrogens is 2. The molecule has 100 valence electrons. The number of hydrogen-bond donors (Lipinski definition) is 2. The van der Waals surface area contributed by atoms with Gasteiger partial charge in [-0.3, -0.25) is 4.79 Å². The number of carbonyl (C=O) groups is 1. The Morgan fingerprint density at radius 2 is 2.22 bits per heavy atom. The fourth-order valence-electron chi connectivity index (χ4n) is 2.22. The Morgan fingerprint density at radius 1 is 1.50 bits per heavy atom. The molecule has 0 aromatic carbocycles. The van der Waals surface area contributed by atoms with E-state index in [1.54, 1.807) is 0 Å². The molecule has 0 atom stereocenters. The van der Waals surface area contributed by atoms with Gasteiger partial charge in [-0.05, 0) is 36.1 Å². The monoisotopic (exact) mass is 253 g/mol. The zero-order valence-corrected chi connectivity index (χ0v) is 10.6. The van der Waals surface area contributed by atoms with Crippen LogP contribution in [0.3, 0.4) is 0 Å². The molecule has 0 bridgehead atoms. The maximum Gasteiger partial charge on any atom is 0.277 e. The van der Waals surface area contributed by atoms with E-state index in [1.165, 1.54) is 0 Å². The van der Waals surface area contributed by atoms with Crippen molar-refractivity contribution in [1.82, 2.24) is 20.5 Å². The van der Waals surface area contributed by atoms with Gasteiger partial charge in [0.05, 0.1) is 0 Å². The van der Waals surface area contributed by atoms with Crippen LogP contribution >= 0.6 is 0 Å². The Hall–Kier alpha value is -1.63. The zero-order valence-electron chi connectivity index (χ0n) is 10.6. The smallest absolute Gasteiger partial charge is 0.277 e. The van der Waals surface area contributed by atoms with Crippen molar-refractivity contribution in [3.63, 3.8) is 0 Å². The van der Waals surface area contributed by atoms with Gasteiger partial charge in [0, 0.05) is 19.1 Å². The summed E-state index contributed by atoms with van der Waals surface area (Å²) in [6.07, 6.45) is 3.08. The molecule has 0 spiro atoms. The van der Waals surface area contributed by atoms with Crippen molar-refractivity contribution in [1.29, 1.82) is 0 Å². The molecule has 0 aliphatic carbocycles. The van der Waals surface area contributed by atoms with Gasteiger partial charge in [0.25, 0.3) is 5.91 Å². The maximum atomic E-state index is 11.8. The lowest BCUT2D eigenvalue weighted by Gasteiger charge is -2.31. The SMILES string of the molecule is CCCN1CCC(NC(=O)c2nonc2N)CC1. The Balaban J connectivity index is 1.81. The van der Waals surface area contributed by atoms with E-state index in [2.05, 4.69) is 32.1 Å². The highest BCUT2D eigenvalue weighted by Crippen LogP contribution is 2.12. The van der Waals surface area contributed by atoms with E-state index in [0.29, 0.717) is 0 Å². The summed E-state index contributed by atoms with van der Waals surface area (Å²) < 4.78 is 4.41. The van der Waals surface area contributed by atoms with Crippen molar-refractivity contribution in [2.45, 2.75) is 32.2 Å². The molecule has 1 fully saturated rings. The second-order valence-electron chi connectivity index (χ2n) is 4.59. The van der Waals surface area contributed by atoms with Gasteiger partial charge in [0.2, 0.25) is 11.5 Å². The van der Waals surface area contributed by atoms with Crippen molar-refractivity contribution in [2.24, 2.45) is 0 Å². The third-order valence-corrected chi connectivity index (χ3v) is 3.19. The zero-order chi connectivity index (χ0) is 13.0. The van der Waals surface area contributed by atoms with Gasteiger partial charge < -0.3 is 16.0 Å². The molecular formula is C11H19N5O2. The summed E-state index contributed by atoms with van der Waals surface area (Å²) in [7, 11) is 0. The fraction of sp³-hybridized carbons (Fsp3) is 0.727. The van der Waals surface area contributed by atoms with Crippen LogP contribution in [0.15, 0.2) is 4.63 Å². The Morgan fingerprint density at radius 3 is 2.78 bits per heavy atom. The molecule has 1 aliphatic heterocycles. The molecule has 2 heterocycles. The van der Waals surface area contributed by atoms with Crippen molar-refractivity contribution in [3.05, 3.63) is 5.69 Å². The molecular weight excluding hydrogens is 234 g/mol. The number of rotatable bonds is 4. The standard InChI is InChI=1S/C11H19N5O2/c1-2-5-16-6-3-8(4-7-16)13-11(17)9-10(12)15-18-14-9/h8H,2-7H2,1H3,(H2,12,15)(H,13,17). The first-order valence-electron chi connectivity index (χ1n) is 6.32. The highest BCUT2D eigenvalue weighted by atomic mass is 16.6. The molecule has 3 N–H and O–H groups in total. The van der Waals surface area contributed by atoms with Crippen molar-refractivity contribution in [3.8, 4) is 0 Å². The lowest BCUT2D eigenvalue weighted by atomic mass is 10.0. The number of anilines is 1. The van der Waals surface area contributed by atoms with Crippen molar-refractivity contribution in [2.75, 3.05) is 25.4 Å². The van der Waals surface area contributed by atoms with Crippen LogP contribution in [0.25, 0.3) is 0 Å². The first-order valence-corrected chi connectivity index (χ1v) is 6.32. The summed E-state index contributed by atoms with van der Waals surface area (Å²) in [6.45, 7) is 5.34. The van der Waals surface area contributed by atoms with Gasteiger partial charge in [-0.25, -0.2) is 4.63 Å². The number of nitrogens with two attached hydrogens (primary N) is 1. The summed E-state index contributed by atoms with van der Waals surface area (Å²) in [6, 6.07) is 0.182. The molecule has 7 heteroatoms. The Labute approximate surface area is 106 Å². The van der Waals surface area contributed by atoms with E-state index in [0.717, 1.165) is 38.9 Å². The van der Waals surface area contributed by atoms with Gasteiger partial charge in [-0.2, -0.15) is 0 Å². The fourth-order valence-corrected chi connectivity index (χ4v) is 2.22. The minimum atomic E-state index is -0.303. The van der Waals surface area contributed by atoms with Gasteiger partial charge >= 0.3 is 0 Å². The van der Waals surface area contributed by atoms with E-state index in [-0.39, 0.29) is 23.5 Å². The van der Waals surface area contributed by atoms with Crippen LogP contribution in [0.4, 0.5) is 5.82 Å². The summed E-state index contributed by atoms with van der Waals surface area (Å²) >= 11 is 0. The van der Waals surface area contributed by atoms with Crippen LogP contribution in [-0.2, 0) is 0 Å². The number of hydrogen-bond acceptors (Lipinski definition) is 6. The molecule has 1 amide bonds. The van der Waals surface area contributed by atoms with Crippen LogP contribution in [-0.4, -0.2) is 46.8 Å². The number of nitrogens with zero attached hydrogens (tertiary/aromatic N) is 3. The third kappa shape index (κ3) is 2.98. The van der Waals surface area contributed by atoms with E-state index in [1.807, 2.05) is 0 Å². The minimum absolute atomic E-state index is 0.0379. The van der Waals surface area contributed by atoms with Gasteiger partial charge in [0.15, 0.2) is 0 Å². The van der Waals surface area contributed by atoms with Gasteiger partial charge in [-0.1, -0.05) is 6.92 Å². The van der Waals surface area contributed by atoms with Crippen LogP contribution in [0.2, 0.25) is 0 Å². The molecule has 0 saturated carbocycles. The molecule has 18 heavy (non-hydrogen) atoms. The molecule has 1 saturated heterocycles. The third-order valence-electron chi connectivity index (χ3n) is 3.19. The Kier molecular flexibility index (Phi) is 4.14. The minimum Gasteiger partial charge on any atom is -0.379 e.